The van der Waals surface area contributed by atoms with E-state index >= 15 is 0 Å². The van der Waals surface area contributed by atoms with Crippen LogP contribution in [-0.2, 0) is 4.79 Å². The van der Waals surface area contributed by atoms with Gasteiger partial charge in [-0.2, -0.15) is 0 Å². The van der Waals surface area contributed by atoms with Gasteiger partial charge < -0.3 is 10.2 Å². The summed E-state index contributed by atoms with van der Waals surface area (Å²) in [5.41, 5.74) is 1.39. The van der Waals surface area contributed by atoms with E-state index in [1.807, 2.05) is 32.9 Å². The van der Waals surface area contributed by atoms with Crippen LogP contribution in [0.3, 0.4) is 0 Å². The standard InChI is InChI=1S/C17H21ClN4O/c1-17(2,3)21-16(23)11-6-7-22(10-11)15-9-19-14-8-12(18)4-5-13(14)20-15/h4-5,8-9,11H,6-7,10H2,1-3H3,(H,21,23). The Morgan fingerprint density at radius 1 is 1.35 bits per heavy atom. The molecule has 0 radical (unpaired) electrons. The molecular formula is C17H21ClN4O. The molecule has 2 heterocycles. The van der Waals surface area contributed by atoms with Crippen LogP contribution in [0.5, 0.6) is 0 Å². The Balaban J connectivity index is 1.74. The first kappa shape index (κ1) is 16.0. The van der Waals surface area contributed by atoms with Crippen LogP contribution in [0.1, 0.15) is 27.2 Å². The number of rotatable bonds is 2. The molecule has 0 aliphatic carbocycles. The van der Waals surface area contributed by atoms with Crippen molar-refractivity contribution < 1.29 is 4.79 Å². The number of nitrogens with zero attached hydrogens (tertiary/aromatic N) is 3. The molecule has 1 N–H and O–H groups in total. The molecule has 1 aliphatic rings. The average Bonchev–Trinajstić information content (AvgIpc) is 2.95. The minimum absolute atomic E-state index is 0.00283. The zero-order chi connectivity index (χ0) is 16.6. The Hall–Kier alpha value is -1.88. The van der Waals surface area contributed by atoms with E-state index in [2.05, 4.69) is 20.2 Å². The number of anilines is 1. The first-order valence-corrected chi connectivity index (χ1v) is 8.19. The van der Waals surface area contributed by atoms with E-state index in [4.69, 9.17) is 11.6 Å². The highest BCUT2D eigenvalue weighted by Gasteiger charge is 2.31. The van der Waals surface area contributed by atoms with Crippen molar-refractivity contribution in [2.75, 3.05) is 18.0 Å². The van der Waals surface area contributed by atoms with Crippen LogP contribution >= 0.6 is 11.6 Å². The zero-order valence-electron chi connectivity index (χ0n) is 13.6. The summed E-state index contributed by atoms with van der Waals surface area (Å²) in [6.07, 6.45) is 2.59. The lowest BCUT2D eigenvalue weighted by molar-refractivity contribution is -0.125. The summed E-state index contributed by atoms with van der Waals surface area (Å²) in [5, 5.41) is 3.71. The van der Waals surface area contributed by atoms with E-state index in [1.54, 1.807) is 12.3 Å². The molecule has 1 saturated heterocycles. The second-order valence-electron chi connectivity index (χ2n) is 7.03. The number of fused-ring (bicyclic) bond motifs is 1. The van der Waals surface area contributed by atoms with E-state index in [9.17, 15) is 4.79 Å². The lowest BCUT2D eigenvalue weighted by Gasteiger charge is -2.23. The fourth-order valence-electron chi connectivity index (χ4n) is 2.78. The van der Waals surface area contributed by atoms with Gasteiger partial charge >= 0.3 is 0 Å². The van der Waals surface area contributed by atoms with E-state index in [0.29, 0.717) is 11.6 Å². The molecule has 1 aromatic carbocycles. The third-order valence-corrected chi connectivity index (χ3v) is 4.11. The highest BCUT2D eigenvalue weighted by molar-refractivity contribution is 6.31. The first-order valence-electron chi connectivity index (χ1n) is 7.81. The molecule has 23 heavy (non-hydrogen) atoms. The van der Waals surface area contributed by atoms with Crippen molar-refractivity contribution in [1.82, 2.24) is 15.3 Å². The summed E-state index contributed by atoms with van der Waals surface area (Å²) in [4.78, 5) is 23.5. The monoisotopic (exact) mass is 332 g/mol. The quantitative estimate of drug-likeness (QED) is 0.918. The molecule has 1 fully saturated rings. The molecule has 122 valence electrons. The summed E-state index contributed by atoms with van der Waals surface area (Å²) >= 11 is 5.97. The molecule has 0 spiro atoms. The van der Waals surface area contributed by atoms with Crippen LogP contribution in [0.2, 0.25) is 5.02 Å². The van der Waals surface area contributed by atoms with Gasteiger partial charge in [-0.1, -0.05) is 11.6 Å². The maximum absolute atomic E-state index is 12.3. The molecule has 3 rings (SSSR count). The highest BCUT2D eigenvalue weighted by atomic mass is 35.5. The second kappa shape index (κ2) is 5.96. The van der Waals surface area contributed by atoms with E-state index in [1.165, 1.54) is 0 Å². The Morgan fingerprint density at radius 3 is 2.87 bits per heavy atom. The van der Waals surface area contributed by atoms with Gasteiger partial charge in [-0.25, -0.2) is 4.98 Å². The molecular weight excluding hydrogens is 312 g/mol. The van der Waals surface area contributed by atoms with Gasteiger partial charge in [0.2, 0.25) is 5.91 Å². The largest absolute Gasteiger partial charge is 0.354 e. The molecule has 5 nitrogen and oxygen atoms in total. The van der Waals surface area contributed by atoms with Crippen LogP contribution < -0.4 is 10.2 Å². The highest BCUT2D eigenvalue weighted by Crippen LogP contribution is 2.24. The van der Waals surface area contributed by atoms with Crippen molar-refractivity contribution in [3.63, 3.8) is 0 Å². The van der Waals surface area contributed by atoms with Gasteiger partial charge in [0.25, 0.3) is 0 Å². The normalized spacial score (nSPS) is 18.4. The van der Waals surface area contributed by atoms with E-state index < -0.39 is 0 Å². The number of aromatic nitrogens is 2. The topological polar surface area (TPSA) is 58.1 Å². The third kappa shape index (κ3) is 3.72. The number of halogens is 1. The van der Waals surface area contributed by atoms with Gasteiger partial charge in [0.1, 0.15) is 5.82 Å². The van der Waals surface area contributed by atoms with Gasteiger partial charge in [0.05, 0.1) is 23.1 Å². The Morgan fingerprint density at radius 2 is 2.13 bits per heavy atom. The molecule has 1 atom stereocenters. The lowest BCUT2D eigenvalue weighted by atomic mass is 10.0. The maximum Gasteiger partial charge on any atom is 0.225 e. The summed E-state index contributed by atoms with van der Waals surface area (Å²) < 4.78 is 0. The van der Waals surface area contributed by atoms with Crippen LogP contribution in [0, 0.1) is 5.92 Å². The van der Waals surface area contributed by atoms with Crippen molar-refractivity contribution in [3.8, 4) is 0 Å². The Labute approximate surface area is 141 Å². The molecule has 1 aliphatic heterocycles. The fourth-order valence-corrected chi connectivity index (χ4v) is 2.95. The molecule has 2 aromatic rings. The number of hydrogen-bond donors (Lipinski definition) is 1. The number of amides is 1. The van der Waals surface area contributed by atoms with E-state index in [-0.39, 0.29) is 17.4 Å². The molecule has 1 unspecified atom stereocenters. The first-order chi connectivity index (χ1) is 10.8. The van der Waals surface area contributed by atoms with Gasteiger partial charge in [-0.05, 0) is 45.4 Å². The number of carbonyl (C=O) groups is 1. The summed E-state index contributed by atoms with van der Waals surface area (Å²) in [6.45, 7) is 7.48. The predicted octanol–water partition coefficient (Wildman–Crippen LogP) is 3.02. The molecule has 6 heteroatoms. The van der Waals surface area contributed by atoms with Crippen molar-refractivity contribution >= 4 is 34.4 Å². The van der Waals surface area contributed by atoms with Crippen LogP contribution in [0.4, 0.5) is 5.82 Å². The summed E-state index contributed by atoms with van der Waals surface area (Å²) in [7, 11) is 0. The molecule has 0 bridgehead atoms. The summed E-state index contributed by atoms with van der Waals surface area (Å²) in [5.74, 6) is 0.920. The number of carbonyl (C=O) groups excluding carboxylic acids is 1. The SMILES string of the molecule is CC(C)(C)NC(=O)C1CCN(c2cnc3cc(Cl)ccc3n2)C1. The fraction of sp³-hybridized carbons (Fsp3) is 0.471. The average molecular weight is 333 g/mol. The lowest BCUT2D eigenvalue weighted by Crippen LogP contribution is -2.44. The van der Waals surface area contributed by atoms with Gasteiger partial charge in [-0.15, -0.1) is 0 Å². The predicted molar refractivity (Wildman–Crippen MR) is 92.8 cm³/mol. The smallest absolute Gasteiger partial charge is 0.225 e. The number of hydrogen-bond acceptors (Lipinski definition) is 4. The zero-order valence-corrected chi connectivity index (χ0v) is 14.4. The second-order valence-corrected chi connectivity index (χ2v) is 7.47. The van der Waals surface area contributed by atoms with Crippen molar-refractivity contribution in [2.24, 2.45) is 5.92 Å². The minimum Gasteiger partial charge on any atom is -0.354 e. The Bertz CT molecular complexity index is 741. The molecule has 1 aromatic heterocycles. The minimum atomic E-state index is -0.202. The maximum atomic E-state index is 12.3. The van der Waals surface area contributed by atoms with Crippen LogP contribution in [-0.4, -0.2) is 34.5 Å². The van der Waals surface area contributed by atoms with Gasteiger partial charge in [0, 0.05) is 23.7 Å². The number of benzene rings is 1. The molecule has 1 amide bonds. The Kier molecular flexibility index (Phi) is 4.15. The van der Waals surface area contributed by atoms with Gasteiger partial charge in [-0.3, -0.25) is 9.78 Å². The molecule has 0 saturated carbocycles. The van der Waals surface area contributed by atoms with Crippen molar-refractivity contribution in [3.05, 3.63) is 29.4 Å². The van der Waals surface area contributed by atoms with Crippen LogP contribution in [0.15, 0.2) is 24.4 Å². The number of nitrogens with one attached hydrogen (secondary N) is 1. The van der Waals surface area contributed by atoms with Crippen molar-refractivity contribution in [1.29, 1.82) is 0 Å². The van der Waals surface area contributed by atoms with E-state index in [0.717, 1.165) is 29.8 Å². The third-order valence-electron chi connectivity index (χ3n) is 3.87. The summed E-state index contributed by atoms with van der Waals surface area (Å²) in [6, 6.07) is 5.48. The van der Waals surface area contributed by atoms with Crippen molar-refractivity contribution in [2.45, 2.75) is 32.7 Å². The van der Waals surface area contributed by atoms with Crippen LogP contribution in [0.25, 0.3) is 11.0 Å². The van der Waals surface area contributed by atoms with Gasteiger partial charge in [0.15, 0.2) is 0 Å².